The van der Waals surface area contributed by atoms with Crippen LogP contribution in [0.3, 0.4) is 0 Å². The lowest BCUT2D eigenvalue weighted by Crippen LogP contribution is -2.49. The van der Waals surface area contributed by atoms with Crippen molar-refractivity contribution in [3.8, 4) is 5.75 Å². The summed E-state index contributed by atoms with van der Waals surface area (Å²) in [5.74, 6) is 1.72. The van der Waals surface area contributed by atoms with Gasteiger partial charge in [0.25, 0.3) is 5.91 Å². The molecule has 0 N–H and O–H groups in total. The van der Waals surface area contributed by atoms with Crippen LogP contribution in [-0.4, -0.2) is 59.0 Å². The van der Waals surface area contributed by atoms with Gasteiger partial charge in [-0.3, -0.25) is 4.79 Å². The summed E-state index contributed by atoms with van der Waals surface area (Å²) >= 11 is 0. The zero-order valence-electron chi connectivity index (χ0n) is 19.4. The van der Waals surface area contributed by atoms with E-state index in [2.05, 4.69) is 33.9 Å². The molecule has 0 aliphatic carbocycles. The highest BCUT2D eigenvalue weighted by molar-refractivity contribution is 5.97. The number of carbonyl (C=O) groups is 1. The molecule has 7 heteroatoms. The highest BCUT2D eigenvalue weighted by Gasteiger charge is 2.24. The maximum absolute atomic E-state index is 13.2. The van der Waals surface area contributed by atoms with Crippen molar-refractivity contribution in [1.29, 1.82) is 0 Å². The quantitative estimate of drug-likeness (QED) is 0.477. The van der Waals surface area contributed by atoms with E-state index < -0.39 is 0 Å². The minimum atomic E-state index is 0.0286. The number of pyridine rings is 1. The second kappa shape index (κ2) is 8.31. The van der Waals surface area contributed by atoms with Gasteiger partial charge in [0.05, 0.1) is 29.5 Å². The molecule has 2 aromatic heterocycles. The highest BCUT2D eigenvalue weighted by atomic mass is 16.5. The van der Waals surface area contributed by atoms with Gasteiger partial charge in [-0.15, -0.1) is 0 Å². The highest BCUT2D eigenvalue weighted by Crippen LogP contribution is 2.29. The molecule has 2 aromatic carbocycles. The van der Waals surface area contributed by atoms with Gasteiger partial charge in [0, 0.05) is 37.1 Å². The minimum Gasteiger partial charge on any atom is -0.494 e. The third-order valence-corrected chi connectivity index (χ3v) is 6.43. The van der Waals surface area contributed by atoms with E-state index in [-0.39, 0.29) is 5.91 Å². The zero-order chi connectivity index (χ0) is 23.1. The van der Waals surface area contributed by atoms with Gasteiger partial charge in [0.2, 0.25) is 0 Å². The molecule has 0 atom stereocenters. The summed E-state index contributed by atoms with van der Waals surface area (Å²) in [5, 5.41) is 1.09. The number of methoxy groups -OCH3 is 1. The predicted octanol–water partition coefficient (Wildman–Crippen LogP) is 4.07. The van der Waals surface area contributed by atoms with E-state index in [1.165, 1.54) is 0 Å². The molecule has 0 spiro atoms. The minimum absolute atomic E-state index is 0.0286. The number of benzene rings is 2. The van der Waals surface area contributed by atoms with E-state index in [0.717, 1.165) is 63.5 Å². The molecule has 0 saturated carbocycles. The standard InChI is InChI=1S/C26H27N5O2/c1-16-14-24(29-25-20(16)6-5-7-23(25)33-4)30-10-12-31(13-11-30)26(32)19-8-9-21-22(15-19)28-18(3)17(2)27-21/h5-9,14-15H,10-13H2,1-4H3. The molecule has 0 unspecified atom stereocenters. The SMILES string of the molecule is COc1cccc2c(C)cc(N3CCN(C(=O)c4ccc5nc(C)c(C)nc5c4)CC3)nc12. The van der Waals surface area contributed by atoms with Crippen LogP contribution < -0.4 is 9.64 Å². The lowest BCUT2D eigenvalue weighted by molar-refractivity contribution is 0.0746. The first-order valence-electron chi connectivity index (χ1n) is 11.2. The fourth-order valence-electron chi connectivity index (χ4n) is 4.39. The number of nitrogens with zero attached hydrogens (tertiary/aromatic N) is 5. The number of anilines is 1. The number of hydrogen-bond acceptors (Lipinski definition) is 6. The Balaban J connectivity index is 1.34. The van der Waals surface area contributed by atoms with E-state index in [0.29, 0.717) is 18.7 Å². The molecule has 1 aliphatic rings. The fraction of sp³-hybridized carbons (Fsp3) is 0.308. The summed E-state index contributed by atoms with van der Waals surface area (Å²) in [6.07, 6.45) is 0. The molecule has 1 saturated heterocycles. The van der Waals surface area contributed by atoms with Crippen LogP contribution in [-0.2, 0) is 0 Å². The zero-order valence-corrected chi connectivity index (χ0v) is 19.4. The molecule has 33 heavy (non-hydrogen) atoms. The molecular formula is C26H27N5O2. The monoisotopic (exact) mass is 441 g/mol. The molecule has 4 aromatic rings. The molecule has 7 nitrogen and oxygen atoms in total. The number of ether oxygens (including phenoxy) is 1. The van der Waals surface area contributed by atoms with Crippen LogP contribution in [0.1, 0.15) is 27.3 Å². The van der Waals surface area contributed by atoms with Gasteiger partial charge in [0.1, 0.15) is 17.1 Å². The number of amides is 1. The van der Waals surface area contributed by atoms with Gasteiger partial charge >= 0.3 is 0 Å². The molecule has 1 aliphatic heterocycles. The maximum Gasteiger partial charge on any atom is 0.254 e. The van der Waals surface area contributed by atoms with Crippen LogP contribution in [0.2, 0.25) is 0 Å². The molecule has 168 valence electrons. The first kappa shape index (κ1) is 21.1. The van der Waals surface area contributed by atoms with E-state index in [9.17, 15) is 4.79 Å². The third kappa shape index (κ3) is 3.84. The van der Waals surface area contributed by atoms with E-state index in [4.69, 9.17) is 9.72 Å². The molecule has 3 heterocycles. The summed E-state index contributed by atoms with van der Waals surface area (Å²) in [4.78, 5) is 31.4. The Labute approximate surface area is 193 Å². The van der Waals surface area contributed by atoms with Crippen LogP contribution >= 0.6 is 0 Å². The van der Waals surface area contributed by atoms with Crippen molar-refractivity contribution >= 4 is 33.7 Å². The summed E-state index contributed by atoms with van der Waals surface area (Å²) in [6, 6.07) is 13.7. The summed E-state index contributed by atoms with van der Waals surface area (Å²) in [7, 11) is 1.67. The first-order valence-corrected chi connectivity index (χ1v) is 11.2. The van der Waals surface area contributed by atoms with Crippen molar-refractivity contribution in [3.63, 3.8) is 0 Å². The van der Waals surface area contributed by atoms with Crippen LogP contribution in [0.5, 0.6) is 5.75 Å². The molecule has 0 radical (unpaired) electrons. The summed E-state index contributed by atoms with van der Waals surface area (Å²) in [6.45, 7) is 8.71. The first-order chi connectivity index (χ1) is 15.9. The maximum atomic E-state index is 13.2. The summed E-state index contributed by atoms with van der Waals surface area (Å²) < 4.78 is 5.52. The predicted molar refractivity (Wildman–Crippen MR) is 130 cm³/mol. The Morgan fingerprint density at radius 2 is 1.61 bits per heavy atom. The smallest absolute Gasteiger partial charge is 0.254 e. The second-order valence-corrected chi connectivity index (χ2v) is 8.53. The van der Waals surface area contributed by atoms with Crippen LogP contribution in [0.25, 0.3) is 21.9 Å². The summed E-state index contributed by atoms with van der Waals surface area (Å²) in [5.41, 5.74) is 6.05. The van der Waals surface area contributed by atoms with Crippen LogP contribution in [0.15, 0.2) is 42.5 Å². The third-order valence-electron chi connectivity index (χ3n) is 6.43. The molecular weight excluding hydrogens is 414 g/mol. The Morgan fingerprint density at radius 1 is 0.879 bits per heavy atom. The number of piperazine rings is 1. The van der Waals surface area contributed by atoms with E-state index >= 15 is 0 Å². The Morgan fingerprint density at radius 3 is 2.33 bits per heavy atom. The lowest BCUT2D eigenvalue weighted by atomic mass is 10.1. The average Bonchev–Trinajstić information content (AvgIpc) is 2.84. The molecule has 0 bridgehead atoms. The number of para-hydroxylation sites is 1. The van der Waals surface area contributed by atoms with Crippen molar-refractivity contribution < 1.29 is 9.53 Å². The number of aromatic nitrogens is 3. The molecule has 1 fully saturated rings. The fourth-order valence-corrected chi connectivity index (χ4v) is 4.39. The lowest BCUT2D eigenvalue weighted by Gasteiger charge is -2.35. The number of aryl methyl sites for hydroxylation is 3. The van der Waals surface area contributed by atoms with Crippen molar-refractivity contribution in [2.75, 3.05) is 38.2 Å². The number of carbonyl (C=O) groups excluding carboxylic acids is 1. The van der Waals surface area contributed by atoms with Crippen LogP contribution in [0.4, 0.5) is 5.82 Å². The van der Waals surface area contributed by atoms with Gasteiger partial charge in [-0.05, 0) is 56.7 Å². The Kier molecular flexibility index (Phi) is 5.32. The topological polar surface area (TPSA) is 71.5 Å². The normalized spacial score (nSPS) is 14.2. The van der Waals surface area contributed by atoms with Gasteiger partial charge in [-0.25, -0.2) is 15.0 Å². The van der Waals surface area contributed by atoms with Gasteiger partial charge in [-0.1, -0.05) is 12.1 Å². The second-order valence-electron chi connectivity index (χ2n) is 8.53. The average molecular weight is 442 g/mol. The van der Waals surface area contributed by atoms with E-state index in [1.807, 2.05) is 49.1 Å². The van der Waals surface area contributed by atoms with Crippen molar-refractivity contribution in [3.05, 3.63) is 65.0 Å². The van der Waals surface area contributed by atoms with Crippen LogP contribution in [0, 0.1) is 20.8 Å². The largest absolute Gasteiger partial charge is 0.494 e. The van der Waals surface area contributed by atoms with Gasteiger partial charge in [0.15, 0.2) is 0 Å². The van der Waals surface area contributed by atoms with Crippen molar-refractivity contribution in [2.45, 2.75) is 20.8 Å². The van der Waals surface area contributed by atoms with Crippen molar-refractivity contribution in [2.24, 2.45) is 0 Å². The van der Waals surface area contributed by atoms with Gasteiger partial charge < -0.3 is 14.5 Å². The van der Waals surface area contributed by atoms with Gasteiger partial charge in [-0.2, -0.15) is 0 Å². The number of fused-ring (bicyclic) bond motifs is 2. The Hall–Kier alpha value is -3.74. The molecule has 5 rings (SSSR count). The number of rotatable bonds is 3. The van der Waals surface area contributed by atoms with E-state index in [1.54, 1.807) is 7.11 Å². The van der Waals surface area contributed by atoms with Crippen molar-refractivity contribution in [1.82, 2.24) is 19.9 Å². The number of hydrogen-bond donors (Lipinski definition) is 0. The molecule has 1 amide bonds. The Bertz CT molecular complexity index is 1380.